The van der Waals surface area contributed by atoms with Gasteiger partial charge in [0.1, 0.15) is 73.2 Å². The summed E-state index contributed by atoms with van der Waals surface area (Å²) >= 11 is 0. The second kappa shape index (κ2) is 63.9. The number of aliphatic hydroxyl groups excluding tert-OH is 11. The van der Waals surface area contributed by atoms with Gasteiger partial charge in [-0.1, -0.05) is 311 Å². The van der Waals surface area contributed by atoms with Crippen molar-refractivity contribution in [3.8, 4) is 0 Å². The maximum Gasteiger partial charge on any atom is 0.220 e. The van der Waals surface area contributed by atoms with Crippen LogP contribution in [0.15, 0.2) is 85.1 Å². The van der Waals surface area contributed by atoms with Gasteiger partial charge in [0.05, 0.1) is 38.6 Å². The molecule has 0 aromatic heterocycles. The highest BCUT2D eigenvalue weighted by atomic mass is 16.8. The summed E-state index contributed by atoms with van der Waals surface area (Å²) in [4.78, 5) is 13.5. The van der Waals surface area contributed by atoms with Gasteiger partial charge in [0.2, 0.25) is 5.91 Å². The molecule has 3 saturated heterocycles. The molecule has 0 bridgehead atoms. The number of nitrogens with one attached hydrogen (secondary N) is 1. The minimum Gasteiger partial charge on any atom is -0.394 e. The molecule has 0 spiro atoms. The fourth-order valence-electron chi connectivity index (χ4n) is 13.6. The van der Waals surface area contributed by atoms with Gasteiger partial charge in [-0.25, -0.2) is 0 Å². The lowest BCUT2D eigenvalue weighted by molar-refractivity contribution is -0.379. The molecule has 3 rings (SSSR count). The lowest BCUT2D eigenvalue weighted by Gasteiger charge is -2.48. The van der Waals surface area contributed by atoms with Crippen LogP contribution < -0.4 is 5.32 Å². The van der Waals surface area contributed by atoms with E-state index in [1.54, 1.807) is 6.08 Å². The molecule has 19 heteroatoms. The molecule has 1 amide bonds. The summed E-state index contributed by atoms with van der Waals surface area (Å²) in [7, 11) is 0. The van der Waals surface area contributed by atoms with Crippen molar-refractivity contribution in [2.45, 2.75) is 413 Å². The van der Waals surface area contributed by atoms with Crippen LogP contribution >= 0.6 is 0 Å². The Kier molecular flexibility index (Phi) is 58.4. The molecule has 0 aliphatic carbocycles. The Bertz CT molecular complexity index is 2190. The molecular weight excluding hydrogens is 1310 g/mol. The zero-order valence-corrected chi connectivity index (χ0v) is 64.0. The van der Waals surface area contributed by atoms with E-state index in [2.05, 4.69) is 92.1 Å². The van der Waals surface area contributed by atoms with Crippen LogP contribution in [-0.4, -0.2) is 193 Å². The van der Waals surface area contributed by atoms with E-state index in [1.807, 2.05) is 6.08 Å². The van der Waals surface area contributed by atoms with E-state index in [-0.39, 0.29) is 18.9 Å². The molecule has 3 aliphatic heterocycles. The molecular formula is C84H149NO18. The quantitative estimate of drug-likeness (QED) is 0.0199. The van der Waals surface area contributed by atoms with Gasteiger partial charge < -0.3 is 89.9 Å². The maximum absolute atomic E-state index is 13.5. The van der Waals surface area contributed by atoms with Crippen LogP contribution in [0.1, 0.15) is 309 Å². The molecule has 19 nitrogen and oxygen atoms in total. The molecule has 17 atom stereocenters. The van der Waals surface area contributed by atoms with E-state index < -0.39 is 124 Å². The Morgan fingerprint density at radius 1 is 0.359 bits per heavy atom. The van der Waals surface area contributed by atoms with Crippen molar-refractivity contribution in [3.05, 3.63) is 85.1 Å². The predicted molar refractivity (Wildman–Crippen MR) is 411 cm³/mol. The first-order valence-electron chi connectivity index (χ1n) is 41.3. The number of rotatable bonds is 65. The fraction of sp³-hybridized carbons (Fsp3) is 0.821. The summed E-state index contributed by atoms with van der Waals surface area (Å²) in [5, 5.41) is 121. The van der Waals surface area contributed by atoms with Crippen molar-refractivity contribution < 1.29 is 89.4 Å². The first-order valence-corrected chi connectivity index (χ1v) is 41.3. The Labute approximate surface area is 622 Å². The lowest BCUT2D eigenvalue weighted by Crippen LogP contribution is -2.66. The van der Waals surface area contributed by atoms with E-state index in [0.29, 0.717) is 12.8 Å². The summed E-state index contributed by atoms with van der Waals surface area (Å²) in [5.74, 6) is -0.283. The maximum atomic E-state index is 13.5. The number of carbonyl (C=O) groups is 1. The number of amides is 1. The van der Waals surface area contributed by atoms with Gasteiger partial charge in [0, 0.05) is 6.42 Å². The Morgan fingerprint density at radius 3 is 1.09 bits per heavy atom. The lowest BCUT2D eigenvalue weighted by atomic mass is 9.96. The van der Waals surface area contributed by atoms with Gasteiger partial charge in [-0.2, -0.15) is 0 Å². The number of aliphatic hydroxyl groups is 11. The van der Waals surface area contributed by atoms with Crippen LogP contribution in [0.2, 0.25) is 0 Å². The molecule has 598 valence electrons. The Morgan fingerprint density at radius 2 is 0.680 bits per heavy atom. The third-order valence-corrected chi connectivity index (χ3v) is 20.2. The van der Waals surface area contributed by atoms with E-state index in [1.165, 1.54) is 205 Å². The Hall–Kier alpha value is -3.03. The summed E-state index contributed by atoms with van der Waals surface area (Å²) < 4.78 is 34.5. The molecule has 0 radical (unpaired) electrons. The number of allylic oxidation sites excluding steroid dienone is 13. The molecule has 0 saturated carbocycles. The monoisotopic (exact) mass is 1460 g/mol. The van der Waals surface area contributed by atoms with Crippen molar-refractivity contribution in [2.24, 2.45) is 0 Å². The van der Waals surface area contributed by atoms with E-state index >= 15 is 0 Å². The van der Waals surface area contributed by atoms with Gasteiger partial charge >= 0.3 is 0 Å². The van der Waals surface area contributed by atoms with E-state index in [0.717, 1.165) is 70.6 Å². The first-order chi connectivity index (χ1) is 50.3. The van der Waals surface area contributed by atoms with Crippen LogP contribution in [0, 0.1) is 0 Å². The predicted octanol–water partition coefficient (Wildman–Crippen LogP) is 14.2. The van der Waals surface area contributed by atoms with Crippen LogP contribution in [0.5, 0.6) is 0 Å². The molecule has 12 N–H and O–H groups in total. The molecule has 0 aromatic carbocycles. The normalized spacial score (nSPS) is 26.5. The van der Waals surface area contributed by atoms with Gasteiger partial charge in [-0.3, -0.25) is 4.79 Å². The van der Waals surface area contributed by atoms with Gasteiger partial charge in [-0.05, 0) is 77.0 Å². The average Bonchev–Trinajstić information content (AvgIpc) is 0.781. The highest BCUT2D eigenvalue weighted by Crippen LogP contribution is 2.33. The van der Waals surface area contributed by atoms with E-state index in [4.69, 9.17) is 28.4 Å². The second-order valence-electron chi connectivity index (χ2n) is 29.2. The highest BCUT2D eigenvalue weighted by Gasteiger charge is 2.54. The molecule has 103 heavy (non-hydrogen) atoms. The fourth-order valence-corrected chi connectivity index (χ4v) is 13.6. The first kappa shape index (κ1) is 94.2. The smallest absolute Gasteiger partial charge is 0.220 e. The minimum absolute atomic E-state index is 0.234. The van der Waals surface area contributed by atoms with Gasteiger partial charge in [0.25, 0.3) is 0 Å². The number of carbonyl (C=O) groups excluding carboxylic acids is 1. The third-order valence-electron chi connectivity index (χ3n) is 20.2. The summed E-state index contributed by atoms with van der Waals surface area (Å²) in [5.41, 5.74) is 0. The van der Waals surface area contributed by atoms with Crippen LogP contribution in [0.3, 0.4) is 0 Å². The summed E-state index contributed by atoms with van der Waals surface area (Å²) in [6, 6.07) is -0.995. The highest BCUT2D eigenvalue weighted by molar-refractivity contribution is 5.76. The van der Waals surface area contributed by atoms with Crippen molar-refractivity contribution in [3.63, 3.8) is 0 Å². The van der Waals surface area contributed by atoms with Crippen LogP contribution in [0.25, 0.3) is 0 Å². The number of ether oxygens (including phenoxy) is 6. The van der Waals surface area contributed by atoms with E-state index in [9.17, 15) is 61.0 Å². The molecule has 3 aliphatic rings. The number of hydrogen-bond acceptors (Lipinski definition) is 18. The van der Waals surface area contributed by atoms with Crippen molar-refractivity contribution in [2.75, 3.05) is 26.4 Å². The van der Waals surface area contributed by atoms with Gasteiger partial charge in [0.15, 0.2) is 18.9 Å². The van der Waals surface area contributed by atoms with Crippen molar-refractivity contribution in [1.82, 2.24) is 5.32 Å². The zero-order valence-electron chi connectivity index (χ0n) is 64.0. The largest absolute Gasteiger partial charge is 0.394 e. The molecule has 0 aromatic rings. The average molecular weight is 1460 g/mol. The molecule has 3 fully saturated rings. The third kappa shape index (κ3) is 43.7. The summed E-state index contributed by atoms with van der Waals surface area (Å²) in [6.07, 6.45) is 58.6. The topological polar surface area (TPSA) is 307 Å². The van der Waals surface area contributed by atoms with Gasteiger partial charge in [-0.15, -0.1) is 0 Å². The second-order valence-corrected chi connectivity index (χ2v) is 29.2. The molecule has 3 heterocycles. The number of hydrogen-bond donors (Lipinski definition) is 12. The standard InChI is InChI=1S/C84H149NO18/c1-3-5-7-9-11-13-15-17-19-21-23-25-27-29-30-31-32-33-34-35-36-38-40-42-44-46-48-50-52-54-56-58-60-62-72(90)85-67(68(89)61-59-57-55-53-51-49-47-45-43-41-39-37-28-26-24-22-20-18-16-14-12-10-8-6-4-2)66-98-82-78(96)75(93)80(70(64-87)100-82)103-84-79(97)76(94)81(71(65-88)101-84)102-83-77(95)74(92)73(91)69(63-86)99-83/h5,7,11,13,17,19,23,25,29-30,51,53,59,61,67-71,73-84,86-89,91-97H,3-4,6,8-10,12,14-16,18,20-22,24,26-28,31-50,52,54-58,60,62-66H2,1-2H3,(H,85,90)/b7-5-,13-11-,19-17-,25-23-,30-29-,53-51+,61-59+. The molecule has 17 unspecified atom stereocenters. The zero-order chi connectivity index (χ0) is 74.6. The Balaban J connectivity index is 1.37. The minimum atomic E-state index is -1.98. The van der Waals surface area contributed by atoms with Crippen molar-refractivity contribution >= 4 is 5.91 Å². The van der Waals surface area contributed by atoms with Crippen LogP contribution in [-0.2, 0) is 33.2 Å². The SMILES string of the molecule is CC/C=C\C/C=C\C/C=C\C/C=C\C/C=C\CCCCCCCCCCCCCCCCCCCC(=O)NC(COC1OC(CO)C(OC2OC(CO)C(OC3OC(CO)C(O)C(O)C3O)C(O)C2O)C(O)C1O)C(O)/C=C/CC/C=C/CCCCCCCCCCCCCCCCCCCCC. The summed E-state index contributed by atoms with van der Waals surface area (Å²) in [6.45, 7) is 1.64. The number of unbranched alkanes of at least 4 members (excludes halogenated alkanes) is 37. The van der Waals surface area contributed by atoms with Crippen molar-refractivity contribution in [1.29, 1.82) is 0 Å². The van der Waals surface area contributed by atoms with Crippen LogP contribution in [0.4, 0.5) is 0 Å².